The van der Waals surface area contributed by atoms with Gasteiger partial charge in [-0.15, -0.1) is 0 Å². The summed E-state index contributed by atoms with van der Waals surface area (Å²) in [6.07, 6.45) is 1.46. The van der Waals surface area contributed by atoms with Crippen LogP contribution in [0.15, 0.2) is 30.5 Å². The maximum absolute atomic E-state index is 13.8. The van der Waals surface area contributed by atoms with Crippen molar-refractivity contribution >= 4 is 5.82 Å². The number of anilines is 1. The molecule has 0 amide bonds. The van der Waals surface area contributed by atoms with Gasteiger partial charge in [-0.1, -0.05) is 0 Å². The van der Waals surface area contributed by atoms with Crippen LogP contribution in [0.2, 0.25) is 0 Å². The molecular weight excluding hydrogens is 226 g/mol. The van der Waals surface area contributed by atoms with Crippen LogP contribution in [0.4, 0.5) is 14.6 Å². The summed E-state index contributed by atoms with van der Waals surface area (Å²) in [5.41, 5.74) is 5.61. The maximum Gasteiger partial charge on any atom is 0.137 e. The number of methoxy groups -OCH3 is 1. The summed E-state index contributed by atoms with van der Waals surface area (Å²) in [5, 5.41) is 0. The summed E-state index contributed by atoms with van der Waals surface area (Å²) < 4.78 is 32.3. The van der Waals surface area contributed by atoms with Crippen molar-refractivity contribution in [3.63, 3.8) is 0 Å². The summed E-state index contributed by atoms with van der Waals surface area (Å²) >= 11 is 0. The van der Waals surface area contributed by atoms with Gasteiger partial charge in [0, 0.05) is 23.9 Å². The van der Waals surface area contributed by atoms with Gasteiger partial charge in [0.2, 0.25) is 0 Å². The normalized spacial score (nSPS) is 10.3. The molecule has 2 rings (SSSR count). The highest BCUT2D eigenvalue weighted by Gasteiger charge is 2.16. The Hall–Kier alpha value is -2.17. The van der Waals surface area contributed by atoms with Crippen LogP contribution < -0.4 is 10.5 Å². The third-order valence-electron chi connectivity index (χ3n) is 2.36. The quantitative estimate of drug-likeness (QED) is 0.871. The van der Waals surface area contributed by atoms with E-state index in [2.05, 4.69) is 4.98 Å². The first-order valence-corrected chi connectivity index (χ1v) is 4.87. The molecule has 0 aliphatic heterocycles. The van der Waals surface area contributed by atoms with Gasteiger partial charge in [-0.05, 0) is 12.1 Å². The van der Waals surface area contributed by atoms with E-state index >= 15 is 0 Å². The van der Waals surface area contributed by atoms with E-state index < -0.39 is 11.6 Å². The average Bonchev–Trinajstić information content (AvgIpc) is 2.30. The second-order valence-corrected chi connectivity index (χ2v) is 3.40. The number of hydrogen-bond acceptors (Lipinski definition) is 3. The smallest absolute Gasteiger partial charge is 0.137 e. The zero-order valence-electron chi connectivity index (χ0n) is 9.08. The first-order chi connectivity index (χ1) is 8.13. The van der Waals surface area contributed by atoms with Crippen molar-refractivity contribution in [1.29, 1.82) is 0 Å². The molecule has 0 radical (unpaired) electrons. The number of hydrogen-bond donors (Lipinski definition) is 1. The highest BCUT2D eigenvalue weighted by atomic mass is 19.1. The van der Waals surface area contributed by atoms with Crippen LogP contribution in [0.1, 0.15) is 0 Å². The lowest BCUT2D eigenvalue weighted by atomic mass is 10.1. The summed E-state index contributed by atoms with van der Waals surface area (Å²) in [7, 11) is 1.34. The van der Waals surface area contributed by atoms with Crippen molar-refractivity contribution in [3.05, 3.63) is 42.1 Å². The third-order valence-corrected chi connectivity index (χ3v) is 2.36. The molecule has 0 saturated heterocycles. The minimum atomic E-state index is -0.735. The Balaban J connectivity index is 2.64. The molecule has 0 aliphatic carbocycles. The lowest BCUT2D eigenvalue weighted by Gasteiger charge is -2.09. The van der Waals surface area contributed by atoms with Gasteiger partial charge in [-0.3, -0.25) is 0 Å². The lowest BCUT2D eigenvalue weighted by Crippen LogP contribution is -1.98. The summed E-state index contributed by atoms with van der Waals surface area (Å²) in [4.78, 5) is 3.79. The largest absolute Gasteiger partial charge is 0.497 e. The van der Waals surface area contributed by atoms with E-state index in [4.69, 9.17) is 10.5 Å². The number of benzene rings is 1. The predicted molar refractivity (Wildman–Crippen MR) is 60.6 cm³/mol. The van der Waals surface area contributed by atoms with Crippen molar-refractivity contribution in [3.8, 4) is 16.9 Å². The number of nitrogen functional groups attached to an aromatic ring is 1. The maximum atomic E-state index is 13.8. The second-order valence-electron chi connectivity index (χ2n) is 3.40. The molecule has 0 atom stereocenters. The molecule has 0 unspecified atom stereocenters. The van der Waals surface area contributed by atoms with Gasteiger partial charge in [0.25, 0.3) is 0 Å². The zero-order chi connectivity index (χ0) is 12.4. The van der Waals surface area contributed by atoms with Crippen molar-refractivity contribution in [1.82, 2.24) is 4.98 Å². The molecule has 2 aromatic rings. The molecule has 17 heavy (non-hydrogen) atoms. The third kappa shape index (κ3) is 2.04. The van der Waals surface area contributed by atoms with Gasteiger partial charge < -0.3 is 10.5 Å². The topological polar surface area (TPSA) is 48.1 Å². The number of nitrogens with two attached hydrogens (primary N) is 1. The minimum Gasteiger partial charge on any atom is -0.497 e. The van der Waals surface area contributed by atoms with Gasteiger partial charge in [0.05, 0.1) is 12.7 Å². The second kappa shape index (κ2) is 4.37. The van der Waals surface area contributed by atoms with Crippen molar-refractivity contribution in [2.45, 2.75) is 0 Å². The Morgan fingerprint density at radius 1 is 1.24 bits per heavy atom. The Labute approximate surface area is 96.9 Å². The molecule has 1 aromatic carbocycles. The van der Waals surface area contributed by atoms with Crippen molar-refractivity contribution in [2.24, 2.45) is 0 Å². The Morgan fingerprint density at radius 3 is 2.41 bits per heavy atom. The Kier molecular flexibility index (Phi) is 2.91. The standard InChI is InChI=1S/C12H10F2N2O/c1-17-7-5-9(13)11(10(14)6-7)8-3-2-4-16-12(8)15/h2-6H,1H3,(H2,15,16). The molecule has 1 aromatic heterocycles. The van der Waals surface area contributed by atoms with E-state index in [-0.39, 0.29) is 22.7 Å². The zero-order valence-corrected chi connectivity index (χ0v) is 9.08. The first-order valence-electron chi connectivity index (χ1n) is 4.87. The van der Waals surface area contributed by atoms with E-state index in [1.54, 1.807) is 6.07 Å². The van der Waals surface area contributed by atoms with Crippen LogP contribution >= 0.6 is 0 Å². The van der Waals surface area contributed by atoms with Crippen LogP contribution in [0.25, 0.3) is 11.1 Å². The molecule has 1 heterocycles. The Morgan fingerprint density at radius 2 is 1.88 bits per heavy atom. The van der Waals surface area contributed by atoms with E-state index in [1.807, 2.05) is 0 Å². The van der Waals surface area contributed by atoms with Crippen LogP contribution in [-0.4, -0.2) is 12.1 Å². The molecule has 2 N–H and O–H groups in total. The fourth-order valence-corrected chi connectivity index (χ4v) is 1.55. The van der Waals surface area contributed by atoms with Gasteiger partial charge in [0.1, 0.15) is 23.2 Å². The van der Waals surface area contributed by atoms with Crippen LogP contribution in [-0.2, 0) is 0 Å². The number of halogens is 2. The Bertz CT molecular complexity index is 535. The van der Waals surface area contributed by atoms with E-state index in [0.717, 1.165) is 12.1 Å². The SMILES string of the molecule is COc1cc(F)c(-c2cccnc2N)c(F)c1. The van der Waals surface area contributed by atoms with E-state index in [1.165, 1.54) is 19.4 Å². The average molecular weight is 236 g/mol. The number of nitrogens with zero attached hydrogens (tertiary/aromatic N) is 1. The highest BCUT2D eigenvalue weighted by molar-refractivity contribution is 5.74. The lowest BCUT2D eigenvalue weighted by molar-refractivity contribution is 0.407. The van der Waals surface area contributed by atoms with Crippen LogP contribution in [0.5, 0.6) is 5.75 Å². The molecule has 5 heteroatoms. The number of ether oxygens (including phenoxy) is 1. The van der Waals surface area contributed by atoms with Gasteiger partial charge >= 0.3 is 0 Å². The number of rotatable bonds is 2. The molecule has 3 nitrogen and oxygen atoms in total. The van der Waals surface area contributed by atoms with E-state index in [9.17, 15) is 8.78 Å². The van der Waals surface area contributed by atoms with Gasteiger partial charge in [-0.25, -0.2) is 13.8 Å². The minimum absolute atomic E-state index is 0.0791. The van der Waals surface area contributed by atoms with E-state index in [0.29, 0.717) is 0 Å². The number of pyridine rings is 1. The highest BCUT2D eigenvalue weighted by Crippen LogP contribution is 2.31. The summed E-state index contributed by atoms with van der Waals surface area (Å²) in [5.74, 6) is -1.27. The molecule has 0 spiro atoms. The summed E-state index contributed by atoms with van der Waals surface area (Å²) in [6, 6.07) is 5.28. The predicted octanol–water partition coefficient (Wildman–Crippen LogP) is 2.62. The molecule has 0 bridgehead atoms. The molecule has 0 aliphatic rings. The molecule has 88 valence electrons. The van der Waals surface area contributed by atoms with Crippen molar-refractivity contribution < 1.29 is 13.5 Å². The van der Waals surface area contributed by atoms with Gasteiger partial charge in [-0.2, -0.15) is 0 Å². The van der Waals surface area contributed by atoms with Gasteiger partial charge in [0.15, 0.2) is 0 Å². The van der Waals surface area contributed by atoms with Crippen molar-refractivity contribution in [2.75, 3.05) is 12.8 Å². The molecular formula is C12H10F2N2O. The van der Waals surface area contributed by atoms with Crippen LogP contribution in [0, 0.1) is 11.6 Å². The fourth-order valence-electron chi connectivity index (χ4n) is 1.55. The molecule has 0 fully saturated rings. The monoisotopic (exact) mass is 236 g/mol. The summed E-state index contributed by atoms with van der Waals surface area (Å²) in [6.45, 7) is 0. The molecule has 0 saturated carbocycles. The van der Waals surface area contributed by atoms with Crippen LogP contribution in [0.3, 0.4) is 0 Å². The number of aromatic nitrogens is 1. The first kappa shape index (κ1) is 11.3. The fraction of sp³-hybridized carbons (Fsp3) is 0.0833.